The lowest BCUT2D eigenvalue weighted by Gasteiger charge is -2.34. The van der Waals surface area contributed by atoms with Crippen molar-refractivity contribution in [1.29, 1.82) is 0 Å². The van der Waals surface area contributed by atoms with Gasteiger partial charge in [-0.1, -0.05) is 12.1 Å². The van der Waals surface area contributed by atoms with E-state index in [1.54, 1.807) is 32.9 Å². The lowest BCUT2D eigenvalue weighted by Crippen LogP contribution is -2.54. The van der Waals surface area contributed by atoms with Crippen LogP contribution in [-0.2, 0) is 23.9 Å². The molecule has 0 heterocycles. The Morgan fingerprint density at radius 2 is 1.80 bits per heavy atom. The van der Waals surface area contributed by atoms with Crippen LogP contribution in [0.5, 0.6) is 5.75 Å². The molecule has 1 aromatic carbocycles. The van der Waals surface area contributed by atoms with Crippen molar-refractivity contribution in [2.24, 2.45) is 0 Å². The first-order valence-electron chi connectivity index (χ1n) is 11.4. The number of methoxy groups -OCH3 is 1. The topological polar surface area (TPSA) is 134 Å². The number of carbonyl (C=O) groups is 4. The molecule has 0 bridgehead atoms. The molecule has 2 unspecified atom stereocenters. The highest BCUT2D eigenvalue weighted by atomic mass is 32.2. The number of phenolic OH excluding ortho intramolecular Hbond substituents is 1. The maximum absolute atomic E-state index is 13.8. The number of hydrogen-bond donors (Lipinski definition) is 3. The molecule has 0 aromatic heterocycles. The smallest absolute Gasteiger partial charge is 0.408 e. The fourth-order valence-electron chi connectivity index (χ4n) is 3.42. The molecular weight excluding hydrogens is 474 g/mol. The first kappa shape index (κ1) is 28.3. The standard InChI is InChI=1S/C24H35N3O7S/c1-24(2,3)34-23(32)26-18(12-13-35-5)22(31)27(16-8-9-16)20(15-6-10-17(28)11-7-15)21(30)25-14-19(29)33-4/h6-7,10-11,16,18,20,28H,8-9,12-14H2,1-5H3,(H,25,30)(H,26,32). The van der Waals surface area contributed by atoms with Gasteiger partial charge in [-0.2, -0.15) is 11.8 Å². The molecule has 1 fully saturated rings. The van der Waals surface area contributed by atoms with Crippen molar-refractivity contribution in [3.63, 3.8) is 0 Å². The summed E-state index contributed by atoms with van der Waals surface area (Å²) in [6.07, 6.45) is 2.92. The van der Waals surface area contributed by atoms with Crippen molar-refractivity contribution in [2.45, 2.75) is 63.8 Å². The summed E-state index contributed by atoms with van der Waals surface area (Å²) in [5.74, 6) is -1.00. The van der Waals surface area contributed by atoms with Crippen LogP contribution in [0.1, 0.15) is 51.6 Å². The van der Waals surface area contributed by atoms with E-state index >= 15 is 0 Å². The molecule has 0 aliphatic heterocycles. The van der Waals surface area contributed by atoms with Gasteiger partial charge >= 0.3 is 12.1 Å². The van der Waals surface area contributed by atoms with E-state index in [0.29, 0.717) is 30.6 Å². The number of thioether (sulfide) groups is 1. The summed E-state index contributed by atoms with van der Waals surface area (Å²) < 4.78 is 9.96. The van der Waals surface area contributed by atoms with Crippen LogP contribution < -0.4 is 10.6 Å². The number of rotatable bonds is 11. The highest BCUT2D eigenvalue weighted by Crippen LogP contribution is 2.36. The lowest BCUT2D eigenvalue weighted by molar-refractivity contribution is -0.145. The predicted molar refractivity (Wildman–Crippen MR) is 132 cm³/mol. The Kier molecular flexibility index (Phi) is 10.2. The highest BCUT2D eigenvalue weighted by molar-refractivity contribution is 7.98. The Balaban J connectivity index is 2.39. The van der Waals surface area contributed by atoms with Gasteiger partial charge in [0.2, 0.25) is 11.8 Å². The summed E-state index contributed by atoms with van der Waals surface area (Å²) in [7, 11) is 1.21. The van der Waals surface area contributed by atoms with Crippen LogP contribution in [0.15, 0.2) is 24.3 Å². The van der Waals surface area contributed by atoms with E-state index in [0.717, 1.165) is 0 Å². The number of ether oxygens (including phenoxy) is 2. The molecule has 1 saturated carbocycles. The molecular formula is C24H35N3O7S. The van der Waals surface area contributed by atoms with Crippen LogP contribution in [0.25, 0.3) is 0 Å². The second-order valence-corrected chi connectivity index (χ2v) is 10.2. The number of nitrogens with zero attached hydrogens (tertiary/aromatic N) is 1. The molecule has 0 saturated heterocycles. The van der Waals surface area contributed by atoms with E-state index in [-0.39, 0.29) is 18.3 Å². The van der Waals surface area contributed by atoms with Crippen LogP contribution in [0.3, 0.4) is 0 Å². The largest absolute Gasteiger partial charge is 0.508 e. The van der Waals surface area contributed by atoms with Gasteiger partial charge in [0, 0.05) is 6.04 Å². The van der Waals surface area contributed by atoms with Crippen molar-refractivity contribution < 1.29 is 33.8 Å². The van der Waals surface area contributed by atoms with Gasteiger partial charge in [-0.3, -0.25) is 14.4 Å². The molecule has 3 N–H and O–H groups in total. The Morgan fingerprint density at radius 1 is 1.17 bits per heavy atom. The Morgan fingerprint density at radius 3 is 2.31 bits per heavy atom. The molecule has 0 radical (unpaired) electrons. The van der Waals surface area contributed by atoms with E-state index in [1.807, 2.05) is 6.26 Å². The number of benzene rings is 1. The molecule has 1 aromatic rings. The Labute approximate surface area is 210 Å². The van der Waals surface area contributed by atoms with Gasteiger partial charge < -0.3 is 30.1 Å². The number of aromatic hydroxyl groups is 1. The van der Waals surface area contributed by atoms with Crippen LogP contribution in [0.4, 0.5) is 4.79 Å². The van der Waals surface area contributed by atoms with Gasteiger partial charge in [0.05, 0.1) is 7.11 Å². The molecule has 3 amide bonds. The van der Waals surface area contributed by atoms with E-state index in [9.17, 15) is 24.3 Å². The van der Waals surface area contributed by atoms with Gasteiger partial charge in [-0.15, -0.1) is 0 Å². The van der Waals surface area contributed by atoms with Gasteiger partial charge in [-0.25, -0.2) is 4.79 Å². The minimum Gasteiger partial charge on any atom is -0.508 e. The van der Waals surface area contributed by atoms with Gasteiger partial charge in [-0.05, 0) is 69.7 Å². The molecule has 1 aliphatic rings. The van der Waals surface area contributed by atoms with Crippen LogP contribution in [0, 0.1) is 0 Å². The first-order valence-corrected chi connectivity index (χ1v) is 12.8. The molecule has 1 aliphatic carbocycles. The van der Waals surface area contributed by atoms with Gasteiger partial charge in [0.15, 0.2) is 0 Å². The summed E-state index contributed by atoms with van der Waals surface area (Å²) in [4.78, 5) is 52.7. The summed E-state index contributed by atoms with van der Waals surface area (Å²) >= 11 is 1.53. The summed E-state index contributed by atoms with van der Waals surface area (Å²) in [5, 5.41) is 14.9. The van der Waals surface area contributed by atoms with Crippen molar-refractivity contribution in [3.05, 3.63) is 29.8 Å². The molecule has 11 heteroatoms. The average molecular weight is 510 g/mol. The maximum Gasteiger partial charge on any atom is 0.408 e. The third-order valence-corrected chi connectivity index (χ3v) is 5.81. The van der Waals surface area contributed by atoms with Crippen molar-refractivity contribution >= 4 is 35.6 Å². The van der Waals surface area contributed by atoms with E-state index in [1.165, 1.54) is 35.9 Å². The monoisotopic (exact) mass is 509 g/mol. The molecule has 0 spiro atoms. The summed E-state index contributed by atoms with van der Waals surface area (Å²) in [5.41, 5.74) is -0.276. The summed E-state index contributed by atoms with van der Waals surface area (Å²) in [6, 6.07) is 3.77. The summed E-state index contributed by atoms with van der Waals surface area (Å²) in [6.45, 7) is 4.83. The van der Waals surface area contributed by atoms with E-state index < -0.39 is 41.6 Å². The predicted octanol–water partition coefficient (Wildman–Crippen LogP) is 2.36. The maximum atomic E-state index is 13.8. The van der Waals surface area contributed by atoms with Gasteiger partial charge in [0.1, 0.15) is 30.0 Å². The Hall–Kier alpha value is -2.95. The zero-order valence-corrected chi connectivity index (χ0v) is 21.6. The minimum absolute atomic E-state index is 0.0104. The quantitative estimate of drug-likeness (QED) is 0.387. The number of alkyl carbamates (subject to hydrolysis) is 1. The zero-order valence-electron chi connectivity index (χ0n) is 20.8. The van der Waals surface area contributed by atoms with Gasteiger partial charge in [0.25, 0.3) is 0 Å². The molecule has 2 atom stereocenters. The minimum atomic E-state index is -1.07. The average Bonchev–Trinajstić information content (AvgIpc) is 3.62. The van der Waals surface area contributed by atoms with Crippen molar-refractivity contribution in [3.8, 4) is 5.75 Å². The fourth-order valence-corrected chi connectivity index (χ4v) is 3.89. The number of esters is 1. The molecule has 35 heavy (non-hydrogen) atoms. The first-order chi connectivity index (χ1) is 16.5. The molecule has 194 valence electrons. The number of hydrogen-bond acceptors (Lipinski definition) is 8. The fraction of sp³-hybridized carbons (Fsp3) is 0.583. The number of carbonyl (C=O) groups excluding carboxylic acids is 4. The number of amides is 3. The molecule has 2 rings (SSSR count). The third-order valence-electron chi connectivity index (χ3n) is 5.16. The third kappa shape index (κ3) is 8.97. The van der Waals surface area contributed by atoms with Crippen LogP contribution in [-0.4, -0.2) is 77.2 Å². The van der Waals surface area contributed by atoms with Crippen molar-refractivity contribution in [2.75, 3.05) is 25.7 Å². The second-order valence-electron chi connectivity index (χ2n) is 9.24. The van der Waals surface area contributed by atoms with E-state index in [2.05, 4.69) is 15.4 Å². The lowest BCUT2D eigenvalue weighted by atomic mass is 10.0. The zero-order chi connectivity index (χ0) is 26.2. The van der Waals surface area contributed by atoms with Crippen molar-refractivity contribution in [1.82, 2.24) is 15.5 Å². The molecule has 10 nitrogen and oxygen atoms in total. The second kappa shape index (κ2) is 12.7. The normalized spacial score (nSPS) is 14.9. The number of nitrogens with one attached hydrogen (secondary N) is 2. The Bertz CT molecular complexity index is 897. The highest BCUT2D eigenvalue weighted by Gasteiger charge is 2.44. The van der Waals surface area contributed by atoms with Crippen LogP contribution in [0.2, 0.25) is 0 Å². The van der Waals surface area contributed by atoms with E-state index in [4.69, 9.17) is 4.74 Å². The van der Waals surface area contributed by atoms with Crippen LogP contribution >= 0.6 is 11.8 Å². The number of phenols is 1. The SMILES string of the molecule is COC(=O)CNC(=O)C(c1ccc(O)cc1)N(C(=O)C(CCSC)NC(=O)OC(C)(C)C)C1CC1.